The predicted octanol–water partition coefficient (Wildman–Crippen LogP) is 2.48. The highest BCUT2D eigenvalue weighted by atomic mass is 32.2. The molecule has 0 aromatic heterocycles. The van der Waals surface area contributed by atoms with Gasteiger partial charge in [-0.3, -0.25) is 4.99 Å². The average molecular weight is 356 g/mol. The summed E-state index contributed by atoms with van der Waals surface area (Å²) in [6.45, 7) is 2.95. The number of hydrogen-bond donors (Lipinski definition) is 2. The summed E-state index contributed by atoms with van der Waals surface area (Å²) in [5.74, 6) is 2.45. The SMILES string of the molecule is CC1CCCCC1NC(=NCC1CCS(=O)(=O)C1)NC1CCCC1. The number of hydrogen-bond acceptors (Lipinski definition) is 3. The van der Waals surface area contributed by atoms with Crippen molar-refractivity contribution in [2.45, 2.75) is 76.8 Å². The standard InChI is InChI=1S/C18H33N3O2S/c1-14-6-2-5-9-17(14)21-18(20-16-7-3-4-8-16)19-12-15-10-11-24(22,23)13-15/h14-17H,2-13H2,1H3,(H2,19,20,21). The van der Waals surface area contributed by atoms with Crippen molar-refractivity contribution >= 4 is 15.8 Å². The Morgan fingerprint density at radius 3 is 2.38 bits per heavy atom. The summed E-state index contributed by atoms with van der Waals surface area (Å²) in [4.78, 5) is 4.79. The fourth-order valence-corrected chi connectivity index (χ4v) is 6.19. The highest BCUT2D eigenvalue weighted by Gasteiger charge is 2.28. The van der Waals surface area contributed by atoms with Crippen molar-refractivity contribution in [2.24, 2.45) is 16.8 Å². The molecule has 5 nitrogen and oxygen atoms in total. The third-order valence-electron chi connectivity index (χ3n) is 5.96. The number of nitrogens with zero attached hydrogens (tertiary/aromatic N) is 1. The van der Waals surface area contributed by atoms with Crippen molar-refractivity contribution < 1.29 is 8.42 Å². The molecule has 0 bridgehead atoms. The summed E-state index contributed by atoms with van der Waals surface area (Å²) in [7, 11) is -2.81. The van der Waals surface area contributed by atoms with Crippen LogP contribution < -0.4 is 10.6 Å². The van der Waals surface area contributed by atoms with Crippen LogP contribution in [0.15, 0.2) is 4.99 Å². The van der Waals surface area contributed by atoms with E-state index in [9.17, 15) is 8.42 Å². The quantitative estimate of drug-likeness (QED) is 0.600. The largest absolute Gasteiger partial charge is 0.354 e. The van der Waals surface area contributed by atoms with E-state index in [1.165, 1.54) is 51.4 Å². The molecular formula is C18H33N3O2S. The van der Waals surface area contributed by atoms with Crippen LogP contribution in [0, 0.1) is 11.8 Å². The van der Waals surface area contributed by atoms with Gasteiger partial charge in [0.25, 0.3) is 0 Å². The summed E-state index contributed by atoms with van der Waals surface area (Å²) < 4.78 is 23.3. The summed E-state index contributed by atoms with van der Waals surface area (Å²) in [5, 5.41) is 7.28. The van der Waals surface area contributed by atoms with Gasteiger partial charge in [-0.05, 0) is 43.9 Å². The smallest absolute Gasteiger partial charge is 0.191 e. The van der Waals surface area contributed by atoms with Gasteiger partial charge in [0, 0.05) is 18.6 Å². The lowest BCUT2D eigenvalue weighted by Gasteiger charge is -2.31. The van der Waals surface area contributed by atoms with Crippen molar-refractivity contribution in [1.29, 1.82) is 0 Å². The van der Waals surface area contributed by atoms with Gasteiger partial charge in [-0.2, -0.15) is 0 Å². The van der Waals surface area contributed by atoms with Crippen LogP contribution in [0.1, 0.15) is 64.7 Å². The fourth-order valence-electron chi connectivity index (χ4n) is 4.34. The van der Waals surface area contributed by atoms with Crippen molar-refractivity contribution in [3.63, 3.8) is 0 Å². The van der Waals surface area contributed by atoms with Gasteiger partial charge in [0.2, 0.25) is 0 Å². The molecule has 2 saturated carbocycles. The Bertz CT molecular complexity index is 540. The van der Waals surface area contributed by atoms with Crippen molar-refractivity contribution in [1.82, 2.24) is 10.6 Å². The van der Waals surface area contributed by atoms with E-state index < -0.39 is 9.84 Å². The van der Waals surface area contributed by atoms with Gasteiger partial charge in [-0.1, -0.05) is 32.6 Å². The Balaban J connectivity index is 1.60. The average Bonchev–Trinajstić information content (AvgIpc) is 3.16. The van der Waals surface area contributed by atoms with E-state index in [2.05, 4.69) is 17.6 Å². The lowest BCUT2D eigenvalue weighted by Crippen LogP contribution is -2.49. The van der Waals surface area contributed by atoms with Gasteiger partial charge in [0.15, 0.2) is 15.8 Å². The normalized spacial score (nSPS) is 34.4. The molecule has 0 radical (unpaired) electrons. The van der Waals surface area contributed by atoms with E-state index in [4.69, 9.17) is 4.99 Å². The molecule has 6 heteroatoms. The first kappa shape index (κ1) is 18.0. The number of aliphatic imine (C=N–C) groups is 1. The minimum Gasteiger partial charge on any atom is -0.354 e. The van der Waals surface area contributed by atoms with Crippen molar-refractivity contribution in [3.8, 4) is 0 Å². The van der Waals surface area contributed by atoms with Crippen LogP contribution in [0.2, 0.25) is 0 Å². The minimum atomic E-state index is -2.81. The second-order valence-corrected chi connectivity index (χ2v) is 10.3. The van der Waals surface area contributed by atoms with Crippen LogP contribution in [0.3, 0.4) is 0 Å². The Morgan fingerprint density at radius 2 is 1.71 bits per heavy atom. The molecule has 0 aromatic carbocycles. The van der Waals surface area contributed by atoms with Crippen molar-refractivity contribution in [3.05, 3.63) is 0 Å². The lowest BCUT2D eigenvalue weighted by atomic mass is 9.86. The Morgan fingerprint density at radius 1 is 1.00 bits per heavy atom. The fraction of sp³-hybridized carbons (Fsp3) is 0.944. The molecule has 0 spiro atoms. The zero-order valence-electron chi connectivity index (χ0n) is 15.0. The van der Waals surface area contributed by atoms with Gasteiger partial charge in [-0.15, -0.1) is 0 Å². The molecule has 3 unspecified atom stereocenters. The van der Waals surface area contributed by atoms with E-state index in [-0.39, 0.29) is 5.92 Å². The van der Waals surface area contributed by atoms with Crippen LogP contribution in [0.4, 0.5) is 0 Å². The van der Waals surface area contributed by atoms with Crippen LogP contribution in [-0.4, -0.2) is 44.5 Å². The maximum absolute atomic E-state index is 11.6. The molecule has 0 amide bonds. The topological polar surface area (TPSA) is 70.6 Å². The third-order valence-corrected chi connectivity index (χ3v) is 7.80. The van der Waals surface area contributed by atoms with Crippen LogP contribution >= 0.6 is 0 Å². The lowest BCUT2D eigenvalue weighted by molar-refractivity contribution is 0.305. The zero-order valence-corrected chi connectivity index (χ0v) is 15.8. The van der Waals surface area contributed by atoms with E-state index in [1.807, 2.05) is 0 Å². The molecule has 3 fully saturated rings. The number of nitrogens with one attached hydrogen (secondary N) is 2. The molecule has 3 aliphatic rings. The second kappa shape index (κ2) is 8.07. The van der Waals surface area contributed by atoms with E-state index in [0.717, 1.165) is 12.4 Å². The summed E-state index contributed by atoms with van der Waals surface area (Å²) in [6.07, 6.45) is 10.9. The molecule has 24 heavy (non-hydrogen) atoms. The molecule has 0 aromatic rings. The molecule has 3 atom stereocenters. The van der Waals surface area contributed by atoms with Gasteiger partial charge in [-0.25, -0.2) is 8.42 Å². The minimum absolute atomic E-state index is 0.195. The molecule has 138 valence electrons. The molecule has 2 aliphatic carbocycles. The van der Waals surface area contributed by atoms with Gasteiger partial charge < -0.3 is 10.6 Å². The molecule has 2 N–H and O–H groups in total. The van der Waals surface area contributed by atoms with Crippen LogP contribution in [0.25, 0.3) is 0 Å². The van der Waals surface area contributed by atoms with Crippen LogP contribution in [0.5, 0.6) is 0 Å². The van der Waals surface area contributed by atoms with Gasteiger partial charge in [0.05, 0.1) is 11.5 Å². The number of guanidine groups is 1. The monoisotopic (exact) mass is 355 g/mol. The molecule has 1 heterocycles. The molecule has 3 rings (SSSR count). The number of rotatable bonds is 4. The number of sulfone groups is 1. The first-order chi connectivity index (χ1) is 11.5. The maximum Gasteiger partial charge on any atom is 0.191 e. The van der Waals surface area contributed by atoms with Gasteiger partial charge >= 0.3 is 0 Å². The summed E-state index contributed by atoms with van der Waals surface area (Å²) >= 11 is 0. The van der Waals surface area contributed by atoms with Crippen molar-refractivity contribution in [2.75, 3.05) is 18.1 Å². The Hall–Kier alpha value is -0.780. The Labute approximate surface area is 147 Å². The predicted molar refractivity (Wildman–Crippen MR) is 99.0 cm³/mol. The maximum atomic E-state index is 11.6. The molecule has 1 aliphatic heterocycles. The highest BCUT2D eigenvalue weighted by Crippen LogP contribution is 2.24. The Kier molecular flexibility index (Phi) is 6.06. The van der Waals surface area contributed by atoms with E-state index in [0.29, 0.717) is 36.1 Å². The van der Waals surface area contributed by atoms with Gasteiger partial charge in [0.1, 0.15) is 0 Å². The van der Waals surface area contributed by atoms with Crippen LogP contribution in [-0.2, 0) is 9.84 Å². The molecule has 1 saturated heterocycles. The first-order valence-electron chi connectivity index (χ1n) is 9.80. The highest BCUT2D eigenvalue weighted by molar-refractivity contribution is 7.91. The molecular weight excluding hydrogens is 322 g/mol. The van der Waals surface area contributed by atoms with E-state index in [1.54, 1.807) is 0 Å². The third kappa shape index (κ3) is 5.11. The second-order valence-electron chi connectivity index (χ2n) is 8.10. The summed E-state index contributed by atoms with van der Waals surface area (Å²) in [5.41, 5.74) is 0. The zero-order chi connectivity index (χ0) is 17.0. The summed E-state index contributed by atoms with van der Waals surface area (Å²) in [6, 6.07) is 1.03. The first-order valence-corrected chi connectivity index (χ1v) is 11.6. The van der Waals surface area contributed by atoms with E-state index >= 15 is 0 Å².